The lowest BCUT2D eigenvalue weighted by Gasteiger charge is -2.33. The Labute approximate surface area is 131 Å². The molecule has 1 atom stereocenters. The molecule has 2 amide bonds. The smallest absolute Gasteiger partial charge is 0.224 e. The minimum absolute atomic E-state index is 0.0870. The molecule has 120 valence electrons. The second kappa shape index (κ2) is 8.63. The van der Waals surface area contributed by atoms with Crippen molar-refractivity contribution >= 4 is 23.6 Å². The summed E-state index contributed by atoms with van der Waals surface area (Å²) in [5.41, 5.74) is 0. The second-order valence-electron chi connectivity index (χ2n) is 5.88. The van der Waals surface area contributed by atoms with Crippen molar-refractivity contribution < 1.29 is 9.59 Å². The number of likely N-dealkylation sites (tertiary alicyclic amines) is 1. The maximum absolute atomic E-state index is 12.3. The first-order valence-corrected chi connectivity index (χ1v) is 9.22. The molecule has 5 nitrogen and oxygen atoms in total. The first-order chi connectivity index (χ1) is 10.2. The van der Waals surface area contributed by atoms with Gasteiger partial charge in [0.2, 0.25) is 11.8 Å². The summed E-state index contributed by atoms with van der Waals surface area (Å²) in [6.07, 6.45) is 3.16. The third-order valence-electron chi connectivity index (χ3n) is 4.19. The summed E-state index contributed by atoms with van der Waals surface area (Å²) in [4.78, 5) is 26.1. The average Bonchev–Trinajstić information content (AvgIpc) is 2.53. The number of carbonyl (C=O) groups excluding carboxylic acids is 2. The molecule has 2 rings (SSSR count). The van der Waals surface area contributed by atoms with Crippen LogP contribution >= 0.6 is 11.8 Å². The van der Waals surface area contributed by atoms with Crippen molar-refractivity contribution in [1.82, 2.24) is 15.5 Å². The highest BCUT2D eigenvalue weighted by Crippen LogP contribution is 2.19. The minimum Gasteiger partial charge on any atom is -0.356 e. The molecule has 2 saturated heterocycles. The summed E-state index contributed by atoms with van der Waals surface area (Å²) in [5, 5.41) is 6.36. The Morgan fingerprint density at radius 2 is 2.10 bits per heavy atom. The number of thioether (sulfide) groups is 1. The van der Waals surface area contributed by atoms with E-state index in [9.17, 15) is 9.59 Å². The minimum atomic E-state index is 0.0870. The molecule has 2 fully saturated rings. The number of rotatable bonds is 5. The van der Waals surface area contributed by atoms with Crippen molar-refractivity contribution in [3.63, 3.8) is 0 Å². The van der Waals surface area contributed by atoms with Gasteiger partial charge in [-0.1, -0.05) is 6.92 Å². The first kappa shape index (κ1) is 16.6. The number of amides is 2. The van der Waals surface area contributed by atoms with Crippen LogP contribution in [-0.4, -0.2) is 60.4 Å². The van der Waals surface area contributed by atoms with Crippen LogP contribution in [0.5, 0.6) is 0 Å². The monoisotopic (exact) mass is 313 g/mol. The van der Waals surface area contributed by atoms with Crippen LogP contribution < -0.4 is 10.6 Å². The van der Waals surface area contributed by atoms with Crippen molar-refractivity contribution in [2.45, 2.75) is 38.6 Å². The molecule has 0 aromatic carbocycles. The summed E-state index contributed by atoms with van der Waals surface area (Å²) in [7, 11) is 0. The first-order valence-electron chi connectivity index (χ1n) is 8.07. The molecular formula is C15H27N3O2S. The molecule has 0 aliphatic carbocycles. The Hall–Kier alpha value is -0.750. The van der Waals surface area contributed by atoms with Gasteiger partial charge in [0.15, 0.2) is 0 Å². The molecule has 0 aromatic heterocycles. The zero-order chi connectivity index (χ0) is 15.1. The van der Waals surface area contributed by atoms with E-state index in [4.69, 9.17) is 0 Å². The quantitative estimate of drug-likeness (QED) is 0.790. The molecule has 6 heteroatoms. The third-order valence-corrected chi connectivity index (χ3v) is 5.32. The molecule has 0 bridgehead atoms. The van der Waals surface area contributed by atoms with Gasteiger partial charge < -0.3 is 15.5 Å². The summed E-state index contributed by atoms with van der Waals surface area (Å²) < 4.78 is 0. The highest BCUT2D eigenvalue weighted by molar-refractivity contribution is 7.99. The normalized spacial score (nSPS) is 23.9. The largest absolute Gasteiger partial charge is 0.356 e. The van der Waals surface area contributed by atoms with Gasteiger partial charge in [-0.2, -0.15) is 11.8 Å². The molecule has 0 aromatic rings. The van der Waals surface area contributed by atoms with E-state index in [1.165, 1.54) is 0 Å². The zero-order valence-corrected chi connectivity index (χ0v) is 13.7. The maximum Gasteiger partial charge on any atom is 0.224 e. The molecule has 0 radical (unpaired) electrons. The van der Waals surface area contributed by atoms with Gasteiger partial charge in [-0.15, -0.1) is 0 Å². The van der Waals surface area contributed by atoms with Crippen molar-refractivity contribution in [1.29, 1.82) is 0 Å². The van der Waals surface area contributed by atoms with Gasteiger partial charge in [0.25, 0.3) is 0 Å². The Kier molecular flexibility index (Phi) is 6.83. The van der Waals surface area contributed by atoms with Gasteiger partial charge in [-0.3, -0.25) is 9.59 Å². The Morgan fingerprint density at radius 3 is 2.71 bits per heavy atom. The van der Waals surface area contributed by atoms with Gasteiger partial charge in [0.05, 0.1) is 0 Å². The van der Waals surface area contributed by atoms with E-state index in [0.717, 1.165) is 56.9 Å². The lowest BCUT2D eigenvalue weighted by Crippen LogP contribution is -2.46. The van der Waals surface area contributed by atoms with Gasteiger partial charge >= 0.3 is 0 Å². The van der Waals surface area contributed by atoms with Gasteiger partial charge in [0.1, 0.15) is 0 Å². The molecule has 2 heterocycles. The predicted molar refractivity (Wildman–Crippen MR) is 86.3 cm³/mol. The highest BCUT2D eigenvalue weighted by atomic mass is 32.2. The van der Waals surface area contributed by atoms with Gasteiger partial charge in [-0.25, -0.2) is 0 Å². The molecule has 2 aliphatic heterocycles. The number of nitrogens with zero attached hydrogens (tertiary/aromatic N) is 1. The SMILES string of the molecule is CCCNC(=O)C1CCN(C(=O)CC2CSCCN2)CC1. The van der Waals surface area contributed by atoms with Crippen molar-refractivity contribution in [2.24, 2.45) is 5.92 Å². The summed E-state index contributed by atoms with van der Waals surface area (Å²) in [6.45, 7) is 5.26. The molecular weight excluding hydrogens is 286 g/mol. The fraction of sp³-hybridized carbons (Fsp3) is 0.867. The standard InChI is InChI=1S/C15H27N3O2S/c1-2-5-17-15(20)12-3-7-18(8-4-12)14(19)10-13-11-21-9-6-16-13/h12-13,16H,2-11H2,1H3,(H,17,20). The van der Waals surface area contributed by atoms with E-state index in [1.54, 1.807) is 0 Å². The van der Waals surface area contributed by atoms with E-state index in [2.05, 4.69) is 17.6 Å². The summed E-state index contributed by atoms with van der Waals surface area (Å²) >= 11 is 1.92. The van der Waals surface area contributed by atoms with Crippen LogP contribution in [0.3, 0.4) is 0 Å². The molecule has 21 heavy (non-hydrogen) atoms. The van der Waals surface area contributed by atoms with Crippen LogP contribution in [0.4, 0.5) is 0 Å². The van der Waals surface area contributed by atoms with Crippen LogP contribution in [0.2, 0.25) is 0 Å². The van der Waals surface area contributed by atoms with Gasteiger partial charge in [0, 0.05) is 56.1 Å². The van der Waals surface area contributed by atoms with Crippen LogP contribution in [0.25, 0.3) is 0 Å². The molecule has 2 N–H and O–H groups in total. The summed E-state index contributed by atoms with van der Waals surface area (Å²) in [6, 6.07) is 0.321. The fourth-order valence-corrected chi connectivity index (χ4v) is 3.82. The topological polar surface area (TPSA) is 61.4 Å². The van der Waals surface area contributed by atoms with Crippen LogP contribution in [0, 0.1) is 5.92 Å². The highest BCUT2D eigenvalue weighted by Gasteiger charge is 2.28. The third kappa shape index (κ3) is 5.18. The Bertz CT molecular complexity index is 351. The van der Waals surface area contributed by atoms with E-state index >= 15 is 0 Å². The lowest BCUT2D eigenvalue weighted by molar-refractivity contribution is -0.136. The Balaban J connectivity index is 1.70. The second-order valence-corrected chi connectivity index (χ2v) is 7.03. The van der Waals surface area contributed by atoms with Crippen LogP contribution in [0.15, 0.2) is 0 Å². The number of piperidine rings is 1. The lowest BCUT2D eigenvalue weighted by atomic mass is 9.95. The number of nitrogens with one attached hydrogen (secondary N) is 2. The summed E-state index contributed by atoms with van der Waals surface area (Å²) in [5.74, 6) is 2.66. The van der Waals surface area contributed by atoms with E-state index in [-0.39, 0.29) is 17.7 Å². The van der Waals surface area contributed by atoms with E-state index < -0.39 is 0 Å². The molecule has 2 aliphatic rings. The molecule has 0 spiro atoms. The van der Waals surface area contributed by atoms with Crippen molar-refractivity contribution in [3.8, 4) is 0 Å². The average molecular weight is 313 g/mol. The molecule has 1 unspecified atom stereocenters. The maximum atomic E-state index is 12.3. The van der Waals surface area contributed by atoms with Crippen LogP contribution in [-0.2, 0) is 9.59 Å². The van der Waals surface area contributed by atoms with Crippen LogP contribution in [0.1, 0.15) is 32.6 Å². The number of carbonyl (C=O) groups is 2. The zero-order valence-electron chi connectivity index (χ0n) is 12.9. The number of hydrogen-bond acceptors (Lipinski definition) is 4. The number of hydrogen-bond donors (Lipinski definition) is 2. The van der Waals surface area contributed by atoms with Crippen molar-refractivity contribution in [3.05, 3.63) is 0 Å². The van der Waals surface area contributed by atoms with E-state index in [1.807, 2.05) is 16.7 Å². The fourth-order valence-electron chi connectivity index (χ4n) is 2.87. The van der Waals surface area contributed by atoms with Crippen molar-refractivity contribution in [2.75, 3.05) is 37.7 Å². The predicted octanol–water partition coefficient (Wildman–Crippen LogP) is 0.846. The molecule has 0 saturated carbocycles. The van der Waals surface area contributed by atoms with E-state index in [0.29, 0.717) is 12.5 Å². The van der Waals surface area contributed by atoms with Gasteiger partial charge in [-0.05, 0) is 19.3 Å². The Morgan fingerprint density at radius 1 is 1.33 bits per heavy atom.